The first kappa shape index (κ1) is 23.7. The minimum atomic E-state index is -0.0640. The van der Waals surface area contributed by atoms with Gasteiger partial charge in [0.2, 0.25) is 5.91 Å². The van der Waals surface area contributed by atoms with E-state index in [9.17, 15) is 4.79 Å². The summed E-state index contributed by atoms with van der Waals surface area (Å²) in [6.07, 6.45) is 4.40. The lowest BCUT2D eigenvalue weighted by Gasteiger charge is -2.11. The zero-order valence-electron chi connectivity index (χ0n) is 16.2. The second-order valence-electron chi connectivity index (χ2n) is 6.58. The maximum absolute atomic E-state index is 11.9. The molecule has 1 aromatic carbocycles. The molecule has 1 aliphatic rings. The van der Waals surface area contributed by atoms with Crippen molar-refractivity contribution in [3.05, 3.63) is 35.9 Å². The fourth-order valence-corrected chi connectivity index (χ4v) is 2.45. The molecule has 152 valence electrons. The molecule has 1 saturated carbocycles. The van der Waals surface area contributed by atoms with Crippen LogP contribution in [0.15, 0.2) is 35.3 Å². The van der Waals surface area contributed by atoms with Crippen molar-refractivity contribution in [3.63, 3.8) is 0 Å². The number of carbonyl (C=O) groups excluding carboxylic acids is 1. The van der Waals surface area contributed by atoms with E-state index < -0.39 is 0 Å². The summed E-state index contributed by atoms with van der Waals surface area (Å²) in [6.45, 7) is 5.98. The van der Waals surface area contributed by atoms with Crippen LogP contribution in [0.3, 0.4) is 0 Å². The number of halogens is 1. The van der Waals surface area contributed by atoms with Crippen LogP contribution in [0.25, 0.3) is 0 Å². The van der Waals surface area contributed by atoms with Gasteiger partial charge in [0.25, 0.3) is 0 Å². The molecule has 1 aromatic rings. The molecule has 0 spiro atoms. The second kappa shape index (κ2) is 14.7. The first-order chi connectivity index (χ1) is 12.8. The van der Waals surface area contributed by atoms with Crippen molar-refractivity contribution >= 4 is 35.8 Å². The standard InChI is InChI=1S/C20H32N4O2.HI/c1-2-21-20(23-12-6-14-26-16-18-9-10-18)24-15-19(25)22-13-11-17-7-4-3-5-8-17;/h3-5,7-8,18H,2,6,9-16H2,1H3,(H,22,25)(H2,21,23,24);1H. The molecule has 0 saturated heterocycles. The lowest BCUT2D eigenvalue weighted by atomic mass is 10.1. The molecule has 0 heterocycles. The van der Waals surface area contributed by atoms with Gasteiger partial charge in [0.15, 0.2) is 5.96 Å². The zero-order chi connectivity index (χ0) is 18.5. The van der Waals surface area contributed by atoms with Crippen LogP contribution in [0.2, 0.25) is 0 Å². The summed E-state index contributed by atoms with van der Waals surface area (Å²) in [5.41, 5.74) is 1.22. The summed E-state index contributed by atoms with van der Waals surface area (Å²) < 4.78 is 5.61. The summed E-state index contributed by atoms with van der Waals surface area (Å²) in [4.78, 5) is 16.3. The molecule has 6 nitrogen and oxygen atoms in total. The largest absolute Gasteiger partial charge is 0.381 e. The molecule has 0 bridgehead atoms. The van der Waals surface area contributed by atoms with E-state index in [1.165, 1.54) is 18.4 Å². The van der Waals surface area contributed by atoms with Gasteiger partial charge in [-0.25, -0.2) is 4.99 Å². The number of nitrogens with one attached hydrogen (secondary N) is 3. The highest BCUT2D eigenvalue weighted by atomic mass is 127. The van der Waals surface area contributed by atoms with Crippen LogP contribution in [-0.4, -0.2) is 51.3 Å². The van der Waals surface area contributed by atoms with E-state index in [1.54, 1.807) is 0 Å². The van der Waals surface area contributed by atoms with Gasteiger partial charge in [0, 0.05) is 32.8 Å². The Bertz CT molecular complexity index is 550. The summed E-state index contributed by atoms with van der Waals surface area (Å²) in [6, 6.07) is 10.1. The number of amides is 1. The van der Waals surface area contributed by atoms with E-state index >= 15 is 0 Å². The minimum absolute atomic E-state index is 0. The van der Waals surface area contributed by atoms with Crippen molar-refractivity contribution in [2.45, 2.75) is 32.6 Å². The zero-order valence-corrected chi connectivity index (χ0v) is 18.5. The molecule has 0 unspecified atom stereocenters. The Labute approximate surface area is 179 Å². The van der Waals surface area contributed by atoms with E-state index in [4.69, 9.17) is 4.74 Å². The monoisotopic (exact) mass is 488 g/mol. The number of hydrogen-bond donors (Lipinski definition) is 3. The Morgan fingerprint density at radius 3 is 2.63 bits per heavy atom. The van der Waals surface area contributed by atoms with Gasteiger partial charge in [-0.1, -0.05) is 30.3 Å². The van der Waals surface area contributed by atoms with Gasteiger partial charge in [-0.15, -0.1) is 24.0 Å². The highest BCUT2D eigenvalue weighted by molar-refractivity contribution is 14.0. The maximum Gasteiger partial charge on any atom is 0.241 e. The number of guanidine groups is 1. The maximum atomic E-state index is 11.9. The van der Waals surface area contributed by atoms with Crippen LogP contribution in [0, 0.1) is 5.92 Å². The Balaban J connectivity index is 0.00000364. The van der Waals surface area contributed by atoms with Gasteiger partial charge < -0.3 is 20.7 Å². The van der Waals surface area contributed by atoms with Crippen LogP contribution in [-0.2, 0) is 16.0 Å². The predicted molar refractivity (Wildman–Crippen MR) is 121 cm³/mol. The van der Waals surface area contributed by atoms with Gasteiger partial charge in [0.1, 0.15) is 6.54 Å². The summed E-state index contributed by atoms with van der Waals surface area (Å²) in [5, 5.41) is 9.31. The molecular formula is C20H33IN4O2. The molecule has 1 fully saturated rings. The van der Waals surface area contributed by atoms with E-state index in [0.29, 0.717) is 12.5 Å². The number of nitrogens with zero attached hydrogens (tertiary/aromatic N) is 1. The molecule has 0 aliphatic heterocycles. The molecule has 0 atom stereocenters. The SMILES string of the molecule is CCNC(=NCC(=O)NCCc1ccccc1)NCCCOCC1CC1.I. The third-order valence-corrected chi connectivity index (χ3v) is 4.11. The molecular weight excluding hydrogens is 455 g/mol. The second-order valence-corrected chi connectivity index (χ2v) is 6.58. The van der Waals surface area contributed by atoms with Crippen LogP contribution >= 0.6 is 24.0 Å². The highest BCUT2D eigenvalue weighted by Gasteiger charge is 2.20. The normalized spacial score (nSPS) is 13.6. The van der Waals surface area contributed by atoms with Crippen molar-refractivity contribution in [3.8, 4) is 0 Å². The Morgan fingerprint density at radius 1 is 1.15 bits per heavy atom. The Kier molecular flexibility index (Phi) is 12.9. The van der Waals surface area contributed by atoms with Gasteiger partial charge in [0.05, 0.1) is 0 Å². The lowest BCUT2D eigenvalue weighted by molar-refractivity contribution is -0.119. The molecule has 1 amide bonds. The lowest BCUT2D eigenvalue weighted by Crippen LogP contribution is -2.39. The van der Waals surface area contributed by atoms with Crippen molar-refractivity contribution in [2.24, 2.45) is 10.9 Å². The fraction of sp³-hybridized carbons (Fsp3) is 0.600. The van der Waals surface area contributed by atoms with Crippen molar-refractivity contribution in [2.75, 3.05) is 39.4 Å². The molecule has 3 N–H and O–H groups in total. The minimum Gasteiger partial charge on any atom is -0.381 e. The molecule has 0 aromatic heterocycles. The first-order valence-corrected chi connectivity index (χ1v) is 9.68. The third kappa shape index (κ3) is 11.9. The molecule has 2 rings (SSSR count). The summed E-state index contributed by atoms with van der Waals surface area (Å²) in [5.74, 6) is 1.42. The van der Waals surface area contributed by atoms with E-state index in [1.807, 2.05) is 25.1 Å². The number of rotatable bonds is 12. The van der Waals surface area contributed by atoms with Gasteiger partial charge in [-0.05, 0) is 44.1 Å². The predicted octanol–water partition coefficient (Wildman–Crippen LogP) is 2.34. The van der Waals surface area contributed by atoms with E-state index in [2.05, 4.69) is 33.1 Å². The molecule has 7 heteroatoms. The Hall–Kier alpha value is -1.35. The van der Waals surface area contributed by atoms with Crippen molar-refractivity contribution in [1.29, 1.82) is 0 Å². The molecule has 0 radical (unpaired) electrons. The number of benzene rings is 1. The van der Waals surface area contributed by atoms with Crippen molar-refractivity contribution < 1.29 is 9.53 Å². The molecule has 1 aliphatic carbocycles. The fourth-order valence-electron chi connectivity index (χ4n) is 2.45. The van der Waals surface area contributed by atoms with E-state index in [0.717, 1.165) is 45.1 Å². The average Bonchev–Trinajstić information content (AvgIpc) is 3.47. The van der Waals surface area contributed by atoms with Crippen LogP contribution in [0.1, 0.15) is 31.7 Å². The summed E-state index contributed by atoms with van der Waals surface area (Å²) >= 11 is 0. The third-order valence-electron chi connectivity index (χ3n) is 4.11. The van der Waals surface area contributed by atoms with Crippen molar-refractivity contribution in [1.82, 2.24) is 16.0 Å². The average molecular weight is 488 g/mol. The quantitative estimate of drug-likeness (QED) is 0.183. The Morgan fingerprint density at radius 2 is 1.93 bits per heavy atom. The van der Waals surface area contributed by atoms with Gasteiger partial charge in [-0.2, -0.15) is 0 Å². The first-order valence-electron chi connectivity index (χ1n) is 9.68. The number of ether oxygens (including phenoxy) is 1. The van der Waals surface area contributed by atoms with E-state index in [-0.39, 0.29) is 36.4 Å². The summed E-state index contributed by atoms with van der Waals surface area (Å²) in [7, 11) is 0. The topological polar surface area (TPSA) is 74.8 Å². The molecule has 27 heavy (non-hydrogen) atoms. The smallest absolute Gasteiger partial charge is 0.241 e. The number of hydrogen-bond acceptors (Lipinski definition) is 3. The van der Waals surface area contributed by atoms with Crippen LogP contribution < -0.4 is 16.0 Å². The number of carbonyl (C=O) groups is 1. The van der Waals surface area contributed by atoms with Gasteiger partial charge >= 0.3 is 0 Å². The number of aliphatic imine (C=N–C) groups is 1. The van der Waals surface area contributed by atoms with Gasteiger partial charge in [-0.3, -0.25) is 4.79 Å². The highest BCUT2D eigenvalue weighted by Crippen LogP contribution is 2.28. The van der Waals surface area contributed by atoms with Crippen LogP contribution in [0.5, 0.6) is 0 Å². The van der Waals surface area contributed by atoms with Crippen LogP contribution in [0.4, 0.5) is 0 Å².